The Hall–Kier alpha value is -4.30. The number of hydrogen-bond donors (Lipinski definition) is 2. The predicted molar refractivity (Wildman–Crippen MR) is 135 cm³/mol. The summed E-state index contributed by atoms with van der Waals surface area (Å²) in [5, 5.41) is 7.77. The molecule has 35 heavy (non-hydrogen) atoms. The molecular formula is C27H23N3O4S. The SMILES string of the molecule is Cc1ccc(CNC(=O)c2ccccc2NC(=O)COC(=O)c2csc(-c3ccccc3)n2)cc1. The van der Waals surface area contributed by atoms with Crippen LogP contribution in [0.1, 0.15) is 32.0 Å². The fourth-order valence-corrected chi connectivity index (χ4v) is 4.04. The summed E-state index contributed by atoms with van der Waals surface area (Å²) in [4.78, 5) is 41.8. The minimum Gasteiger partial charge on any atom is -0.451 e. The molecule has 0 unspecified atom stereocenters. The third-order valence-electron chi connectivity index (χ3n) is 5.09. The second-order valence-corrected chi connectivity index (χ2v) is 8.60. The van der Waals surface area contributed by atoms with Gasteiger partial charge in [0.1, 0.15) is 5.01 Å². The van der Waals surface area contributed by atoms with Gasteiger partial charge in [-0.15, -0.1) is 11.3 Å². The number of nitrogens with zero attached hydrogens (tertiary/aromatic N) is 1. The van der Waals surface area contributed by atoms with Crippen molar-refractivity contribution in [3.63, 3.8) is 0 Å². The van der Waals surface area contributed by atoms with Crippen LogP contribution in [0.5, 0.6) is 0 Å². The molecule has 4 rings (SSSR count). The van der Waals surface area contributed by atoms with E-state index in [1.165, 1.54) is 11.3 Å². The van der Waals surface area contributed by atoms with Crippen molar-refractivity contribution in [2.75, 3.05) is 11.9 Å². The van der Waals surface area contributed by atoms with Crippen LogP contribution in [0.3, 0.4) is 0 Å². The van der Waals surface area contributed by atoms with Crippen molar-refractivity contribution >= 4 is 34.8 Å². The Labute approximate surface area is 206 Å². The van der Waals surface area contributed by atoms with Gasteiger partial charge >= 0.3 is 5.97 Å². The summed E-state index contributed by atoms with van der Waals surface area (Å²) in [5.74, 6) is -1.58. The van der Waals surface area contributed by atoms with Gasteiger partial charge in [-0.2, -0.15) is 0 Å². The molecule has 0 aliphatic rings. The van der Waals surface area contributed by atoms with Crippen LogP contribution < -0.4 is 10.6 Å². The number of aryl methyl sites for hydroxylation is 1. The summed E-state index contributed by atoms with van der Waals surface area (Å²) < 4.78 is 5.12. The third-order valence-corrected chi connectivity index (χ3v) is 5.98. The number of aromatic nitrogens is 1. The second-order valence-electron chi connectivity index (χ2n) is 7.74. The van der Waals surface area contributed by atoms with Crippen LogP contribution in [0, 0.1) is 6.92 Å². The third kappa shape index (κ3) is 6.39. The van der Waals surface area contributed by atoms with Crippen molar-refractivity contribution in [2.24, 2.45) is 0 Å². The molecule has 0 saturated heterocycles. The number of nitrogens with one attached hydrogen (secondary N) is 2. The number of carbonyl (C=O) groups excluding carboxylic acids is 3. The molecule has 8 heteroatoms. The van der Waals surface area contributed by atoms with Gasteiger partial charge in [0, 0.05) is 17.5 Å². The summed E-state index contributed by atoms with van der Waals surface area (Å²) in [7, 11) is 0. The van der Waals surface area contributed by atoms with E-state index in [2.05, 4.69) is 15.6 Å². The molecule has 0 fully saturated rings. The first-order valence-corrected chi connectivity index (χ1v) is 11.8. The van der Waals surface area contributed by atoms with Crippen molar-refractivity contribution in [1.82, 2.24) is 10.3 Å². The summed E-state index contributed by atoms with van der Waals surface area (Å²) in [6, 6.07) is 24.0. The maximum absolute atomic E-state index is 12.7. The number of thiazole rings is 1. The lowest BCUT2D eigenvalue weighted by atomic mass is 10.1. The van der Waals surface area contributed by atoms with Crippen LogP contribution in [0.4, 0.5) is 5.69 Å². The van der Waals surface area contributed by atoms with Crippen LogP contribution in [0.25, 0.3) is 10.6 Å². The molecule has 7 nitrogen and oxygen atoms in total. The van der Waals surface area contributed by atoms with Gasteiger partial charge < -0.3 is 15.4 Å². The number of esters is 1. The van der Waals surface area contributed by atoms with Gasteiger partial charge in [0.25, 0.3) is 11.8 Å². The minimum absolute atomic E-state index is 0.137. The summed E-state index contributed by atoms with van der Waals surface area (Å²) in [6.45, 7) is 1.85. The van der Waals surface area contributed by atoms with E-state index in [9.17, 15) is 14.4 Å². The highest BCUT2D eigenvalue weighted by Crippen LogP contribution is 2.23. The number of anilines is 1. The number of benzene rings is 3. The van der Waals surface area contributed by atoms with E-state index >= 15 is 0 Å². The molecule has 4 aromatic rings. The Balaban J connectivity index is 1.32. The molecule has 0 saturated carbocycles. The monoisotopic (exact) mass is 485 g/mol. The van der Waals surface area contributed by atoms with Crippen molar-refractivity contribution in [3.05, 3.63) is 107 Å². The van der Waals surface area contributed by atoms with Gasteiger partial charge in [0.15, 0.2) is 12.3 Å². The Morgan fingerprint density at radius 1 is 0.914 bits per heavy atom. The lowest BCUT2D eigenvalue weighted by molar-refractivity contribution is -0.119. The van der Waals surface area contributed by atoms with Crippen molar-refractivity contribution in [1.29, 1.82) is 0 Å². The van der Waals surface area contributed by atoms with Crippen LogP contribution in [-0.4, -0.2) is 29.4 Å². The van der Waals surface area contributed by atoms with Crippen LogP contribution in [0.2, 0.25) is 0 Å². The lowest BCUT2D eigenvalue weighted by Crippen LogP contribution is -2.26. The molecule has 2 N–H and O–H groups in total. The zero-order valence-electron chi connectivity index (χ0n) is 19.0. The average Bonchev–Trinajstić information content (AvgIpc) is 3.38. The standard InChI is InChI=1S/C27H23N3O4S/c1-18-11-13-19(14-12-18)15-28-25(32)21-9-5-6-10-22(21)29-24(31)16-34-27(33)23-17-35-26(30-23)20-7-3-2-4-8-20/h2-14,17H,15-16H2,1H3,(H,28,32)(H,29,31). The molecule has 176 valence electrons. The number of rotatable bonds is 8. The van der Waals surface area contributed by atoms with E-state index in [1.807, 2.05) is 61.5 Å². The zero-order valence-corrected chi connectivity index (χ0v) is 19.8. The first kappa shape index (κ1) is 23.8. The highest BCUT2D eigenvalue weighted by molar-refractivity contribution is 7.13. The number of ether oxygens (including phenoxy) is 1. The summed E-state index contributed by atoms with van der Waals surface area (Å²) in [5.41, 5.74) is 3.78. The van der Waals surface area contributed by atoms with E-state index in [0.717, 1.165) is 16.7 Å². The second kappa shape index (κ2) is 11.2. The maximum Gasteiger partial charge on any atom is 0.358 e. The zero-order chi connectivity index (χ0) is 24.6. The maximum atomic E-state index is 12.7. The van der Waals surface area contributed by atoms with E-state index in [-0.39, 0.29) is 11.6 Å². The number of para-hydroxylation sites is 1. The molecule has 1 aromatic heterocycles. The molecule has 0 bridgehead atoms. The van der Waals surface area contributed by atoms with Gasteiger partial charge in [-0.3, -0.25) is 9.59 Å². The molecule has 3 aromatic carbocycles. The Kier molecular flexibility index (Phi) is 7.64. The van der Waals surface area contributed by atoms with Crippen LogP contribution >= 0.6 is 11.3 Å². The molecule has 1 heterocycles. The number of amides is 2. The van der Waals surface area contributed by atoms with E-state index < -0.39 is 18.5 Å². The number of hydrogen-bond acceptors (Lipinski definition) is 6. The molecular weight excluding hydrogens is 462 g/mol. The fourth-order valence-electron chi connectivity index (χ4n) is 3.25. The van der Waals surface area contributed by atoms with Crippen molar-refractivity contribution < 1.29 is 19.1 Å². The first-order valence-electron chi connectivity index (χ1n) is 10.9. The first-order chi connectivity index (χ1) is 17.0. The normalized spacial score (nSPS) is 10.4. The molecule has 0 radical (unpaired) electrons. The van der Waals surface area contributed by atoms with E-state index in [0.29, 0.717) is 22.8 Å². The van der Waals surface area contributed by atoms with Gasteiger partial charge in [-0.1, -0.05) is 72.3 Å². The Morgan fingerprint density at radius 3 is 2.40 bits per heavy atom. The fraction of sp³-hybridized carbons (Fsp3) is 0.111. The molecule has 0 spiro atoms. The minimum atomic E-state index is -0.692. The lowest BCUT2D eigenvalue weighted by Gasteiger charge is -2.12. The topological polar surface area (TPSA) is 97.4 Å². The quantitative estimate of drug-likeness (QED) is 0.348. The molecule has 0 atom stereocenters. The van der Waals surface area contributed by atoms with Gasteiger partial charge in [0.2, 0.25) is 0 Å². The van der Waals surface area contributed by atoms with E-state index in [1.54, 1.807) is 29.6 Å². The summed E-state index contributed by atoms with van der Waals surface area (Å²) >= 11 is 1.32. The highest BCUT2D eigenvalue weighted by atomic mass is 32.1. The average molecular weight is 486 g/mol. The van der Waals surface area contributed by atoms with E-state index in [4.69, 9.17) is 4.74 Å². The molecule has 2 amide bonds. The molecule has 0 aliphatic carbocycles. The largest absolute Gasteiger partial charge is 0.451 e. The van der Waals surface area contributed by atoms with Crippen molar-refractivity contribution in [2.45, 2.75) is 13.5 Å². The van der Waals surface area contributed by atoms with Gasteiger partial charge in [-0.25, -0.2) is 9.78 Å². The number of carbonyl (C=O) groups is 3. The highest BCUT2D eigenvalue weighted by Gasteiger charge is 2.17. The van der Waals surface area contributed by atoms with Gasteiger partial charge in [-0.05, 0) is 24.6 Å². The van der Waals surface area contributed by atoms with Crippen LogP contribution in [0.15, 0.2) is 84.2 Å². The predicted octanol–water partition coefficient (Wildman–Crippen LogP) is 4.84. The molecule has 0 aliphatic heterocycles. The Morgan fingerprint density at radius 2 is 1.63 bits per heavy atom. The van der Waals surface area contributed by atoms with Crippen molar-refractivity contribution in [3.8, 4) is 10.6 Å². The Bertz CT molecular complexity index is 1330. The van der Waals surface area contributed by atoms with Gasteiger partial charge in [0.05, 0.1) is 11.3 Å². The summed E-state index contributed by atoms with van der Waals surface area (Å²) in [6.07, 6.45) is 0. The van der Waals surface area contributed by atoms with Crippen LogP contribution in [-0.2, 0) is 16.1 Å². The smallest absolute Gasteiger partial charge is 0.358 e.